The van der Waals surface area contributed by atoms with Gasteiger partial charge in [-0.3, -0.25) is 4.79 Å². The Hall–Kier alpha value is -1.39. The molecule has 0 heterocycles. The van der Waals surface area contributed by atoms with E-state index in [4.69, 9.17) is 5.11 Å². The van der Waals surface area contributed by atoms with E-state index in [0.29, 0.717) is 12.8 Å². The summed E-state index contributed by atoms with van der Waals surface area (Å²) < 4.78 is 0. The first-order valence-corrected chi connectivity index (χ1v) is 8.89. The maximum atomic E-state index is 11.8. The van der Waals surface area contributed by atoms with Crippen LogP contribution in [0.2, 0.25) is 0 Å². The van der Waals surface area contributed by atoms with Crippen molar-refractivity contribution in [2.45, 2.75) is 66.3 Å². The Labute approximate surface area is 142 Å². The van der Waals surface area contributed by atoms with Crippen molar-refractivity contribution >= 4 is 11.6 Å². The molecular weight excluding hydrogens is 288 g/mol. The van der Waals surface area contributed by atoms with Crippen LogP contribution in [0.15, 0.2) is 24.3 Å². The lowest BCUT2D eigenvalue weighted by molar-refractivity contribution is -0.116. The van der Waals surface area contributed by atoms with Crippen molar-refractivity contribution < 1.29 is 9.90 Å². The maximum Gasteiger partial charge on any atom is 0.224 e. The summed E-state index contributed by atoms with van der Waals surface area (Å²) in [7, 11) is 1.86. The van der Waals surface area contributed by atoms with Gasteiger partial charge in [0.25, 0.3) is 0 Å². The van der Waals surface area contributed by atoms with E-state index in [1.807, 2.05) is 59.0 Å². The van der Waals surface area contributed by atoms with Gasteiger partial charge in [-0.1, -0.05) is 59.2 Å². The Balaban J connectivity index is 0. The van der Waals surface area contributed by atoms with Gasteiger partial charge in [-0.2, -0.15) is 0 Å². The Kier molecular flexibility index (Phi) is 17.6. The molecule has 0 aromatic heterocycles. The number of aliphatic hydroxyl groups excluding tert-OH is 1. The average Bonchev–Trinajstić information content (AvgIpc) is 2.62. The van der Waals surface area contributed by atoms with Crippen molar-refractivity contribution in [2.24, 2.45) is 0 Å². The molecule has 1 rings (SSSR count). The van der Waals surface area contributed by atoms with Crippen molar-refractivity contribution in [1.82, 2.24) is 5.32 Å². The lowest BCUT2D eigenvalue weighted by atomic mass is 10.0. The van der Waals surface area contributed by atoms with E-state index in [9.17, 15) is 4.79 Å². The first kappa shape index (κ1) is 23.9. The normalized spacial score (nSPS) is 10.6. The molecule has 1 atom stereocenters. The van der Waals surface area contributed by atoms with Crippen molar-refractivity contribution in [2.75, 3.05) is 19.0 Å². The highest BCUT2D eigenvalue weighted by Gasteiger charge is 2.14. The minimum atomic E-state index is 0.0488. The molecule has 0 aliphatic carbocycles. The van der Waals surface area contributed by atoms with Crippen LogP contribution in [0.1, 0.15) is 71.9 Å². The molecule has 134 valence electrons. The summed E-state index contributed by atoms with van der Waals surface area (Å²) in [4.78, 5) is 11.8. The monoisotopic (exact) mass is 324 g/mol. The molecule has 0 radical (unpaired) electrons. The van der Waals surface area contributed by atoms with E-state index in [0.717, 1.165) is 24.1 Å². The molecule has 4 heteroatoms. The maximum absolute atomic E-state index is 11.8. The molecule has 0 spiro atoms. The van der Waals surface area contributed by atoms with E-state index in [1.165, 1.54) is 0 Å². The van der Waals surface area contributed by atoms with Crippen LogP contribution in [-0.4, -0.2) is 24.7 Å². The van der Waals surface area contributed by atoms with Crippen LogP contribution in [0.25, 0.3) is 0 Å². The van der Waals surface area contributed by atoms with Crippen LogP contribution in [0.3, 0.4) is 0 Å². The van der Waals surface area contributed by atoms with Gasteiger partial charge in [0.2, 0.25) is 5.91 Å². The molecule has 0 bridgehead atoms. The number of benzene rings is 1. The van der Waals surface area contributed by atoms with E-state index < -0.39 is 0 Å². The van der Waals surface area contributed by atoms with E-state index in [-0.39, 0.29) is 18.6 Å². The van der Waals surface area contributed by atoms with Gasteiger partial charge in [0, 0.05) is 24.8 Å². The number of carbonyl (C=O) groups is 1. The van der Waals surface area contributed by atoms with Crippen molar-refractivity contribution in [3.05, 3.63) is 29.8 Å². The fourth-order valence-corrected chi connectivity index (χ4v) is 2.05. The number of nitrogens with one attached hydrogen (secondary N) is 2. The van der Waals surface area contributed by atoms with Crippen LogP contribution < -0.4 is 10.6 Å². The molecule has 0 saturated carbocycles. The zero-order valence-corrected chi connectivity index (χ0v) is 15.8. The molecule has 0 aliphatic heterocycles. The van der Waals surface area contributed by atoms with Gasteiger partial charge in [-0.25, -0.2) is 0 Å². The van der Waals surface area contributed by atoms with Gasteiger partial charge in [-0.15, -0.1) is 0 Å². The number of hydrogen-bond donors (Lipinski definition) is 3. The molecule has 0 fully saturated rings. The number of hydrogen-bond acceptors (Lipinski definition) is 3. The number of rotatable bonds is 8. The minimum Gasteiger partial charge on any atom is -0.396 e. The van der Waals surface area contributed by atoms with Gasteiger partial charge < -0.3 is 15.7 Å². The molecule has 1 aromatic rings. The lowest BCUT2D eigenvalue weighted by Crippen LogP contribution is -2.20. The van der Waals surface area contributed by atoms with Gasteiger partial charge in [0.1, 0.15) is 0 Å². The van der Waals surface area contributed by atoms with Gasteiger partial charge in [0.05, 0.1) is 0 Å². The standard InChI is InChI=1S/C15H24N2O2.2C2H6/c1-3-4-9-15(19)17-14-8-6-5-7-12(14)13(16-2)10-11-18;2*1-2/h5-8,13,16,18H,3-4,9-11H2,1-2H3,(H,17,19);2*1-2H3. The second kappa shape index (κ2) is 17.0. The second-order valence-corrected chi connectivity index (χ2v) is 4.59. The summed E-state index contributed by atoms with van der Waals surface area (Å²) in [5.41, 5.74) is 1.85. The van der Waals surface area contributed by atoms with E-state index >= 15 is 0 Å². The number of carbonyl (C=O) groups excluding carboxylic acids is 1. The highest BCUT2D eigenvalue weighted by molar-refractivity contribution is 5.91. The van der Waals surface area contributed by atoms with Crippen LogP contribution in [0.5, 0.6) is 0 Å². The average molecular weight is 325 g/mol. The third-order valence-electron chi connectivity index (χ3n) is 3.13. The van der Waals surface area contributed by atoms with Gasteiger partial charge in [-0.05, 0) is 31.5 Å². The lowest BCUT2D eigenvalue weighted by Gasteiger charge is -2.19. The molecule has 1 aromatic carbocycles. The number of amides is 1. The molecule has 0 saturated heterocycles. The second-order valence-electron chi connectivity index (χ2n) is 4.59. The summed E-state index contributed by atoms with van der Waals surface area (Å²) in [6.45, 7) is 10.2. The zero-order chi connectivity index (χ0) is 18.1. The van der Waals surface area contributed by atoms with Gasteiger partial charge >= 0.3 is 0 Å². The largest absolute Gasteiger partial charge is 0.396 e. The summed E-state index contributed by atoms with van der Waals surface area (Å²) in [5.74, 6) is 0.0492. The first-order chi connectivity index (χ1) is 11.2. The van der Waals surface area contributed by atoms with Crippen LogP contribution in [-0.2, 0) is 4.79 Å². The molecule has 0 aliphatic rings. The summed E-state index contributed by atoms with van der Waals surface area (Å²) in [6, 6.07) is 7.78. The molecule has 1 amide bonds. The molecule has 1 unspecified atom stereocenters. The third kappa shape index (κ3) is 10.1. The molecule has 4 nitrogen and oxygen atoms in total. The Morgan fingerprint density at radius 1 is 1.17 bits per heavy atom. The predicted molar refractivity (Wildman–Crippen MR) is 101 cm³/mol. The topological polar surface area (TPSA) is 61.4 Å². The highest BCUT2D eigenvalue weighted by Crippen LogP contribution is 2.25. The summed E-state index contributed by atoms with van der Waals surface area (Å²) in [5, 5.41) is 15.2. The van der Waals surface area contributed by atoms with Crippen LogP contribution in [0.4, 0.5) is 5.69 Å². The van der Waals surface area contributed by atoms with E-state index in [2.05, 4.69) is 17.6 Å². The summed E-state index contributed by atoms with van der Waals surface area (Å²) >= 11 is 0. The smallest absolute Gasteiger partial charge is 0.224 e. The van der Waals surface area contributed by atoms with Crippen molar-refractivity contribution in [3.63, 3.8) is 0 Å². The predicted octanol–water partition coefficient (Wildman–Crippen LogP) is 4.51. The summed E-state index contributed by atoms with van der Waals surface area (Å²) in [6.07, 6.45) is 3.09. The molecule has 23 heavy (non-hydrogen) atoms. The first-order valence-electron chi connectivity index (χ1n) is 8.89. The number of aliphatic hydroxyl groups is 1. The van der Waals surface area contributed by atoms with Crippen LogP contribution in [0, 0.1) is 0 Å². The van der Waals surface area contributed by atoms with Crippen molar-refractivity contribution in [3.8, 4) is 0 Å². The number of unbranched alkanes of at least 4 members (excludes halogenated alkanes) is 1. The Bertz CT molecular complexity index is 395. The van der Waals surface area contributed by atoms with E-state index in [1.54, 1.807) is 0 Å². The minimum absolute atomic E-state index is 0.0488. The van der Waals surface area contributed by atoms with Crippen molar-refractivity contribution in [1.29, 1.82) is 0 Å². The Morgan fingerprint density at radius 2 is 1.78 bits per heavy atom. The Morgan fingerprint density at radius 3 is 2.30 bits per heavy atom. The number of para-hydroxylation sites is 1. The quantitative estimate of drug-likeness (QED) is 0.659. The fraction of sp³-hybridized carbons (Fsp3) is 0.632. The zero-order valence-electron chi connectivity index (χ0n) is 15.8. The fourth-order valence-electron chi connectivity index (χ4n) is 2.05. The molecule has 3 N–H and O–H groups in total. The third-order valence-corrected chi connectivity index (χ3v) is 3.13. The molecular formula is C19H36N2O2. The SMILES string of the molecule is CC.CC.CCCCC(=O)Nc1ccccc1C(CCO)NC. The van der Waals surface area contributed by atoms with Crippen LogP contribution >= 0.6 is 0 Å². The number of anilines is 1. The highest BCUT2D eigenvalue weighted by atomic mass is 16.3. The van der Waals surface area contributed by atoms with Gasteiger partial charge in [0.15, 0.2) is 0 Å².